The summed E-state index contributed by atoms with van der Waals surface area (Å²) in [5.41, 5.74) is -0.583. The van der Waals surface area contributed by atoms with Gasteiger partial charge in [0.15, 0.2) is 0 Å². The number of amides is 1. The number of methoxy groups -OCH3 is 1. The summed E-state index contributed by atoms with van der Waals surface area (Å²) in [4.78, 5) is 23.1. The molecule has 0 fully saturated rings. The zero-order valence-corrected chi connectivity index (χ0v) is 11.5. The maximum Gasteiger partial charge on any atom is 0.408 e. The van der Waals surface area contributed by atoms with Crippen molar-refractivity contribution in [1.82, 2.24) is 5.32 Å². The highest BCUT2D eigenvalue weighted by atomic mass is 16.6. The Hall–Kier alpha value is -1.26. The van der Waals surface area contributed by atoms with E-state index in [1.165, 1.54) is 7.11 Å². The van der Waals surface area contributed by atoms with Crippen LogP contribution in [0.1, 0.15) is 41.0 Å². The molecule has 0 spiro atoms. The molecule has 0 bridgehead atoms. The van der Waals surface area contributed by atoms with Crippen LogP contribution in [-0.4, -0.2) is 30.8 Å². The molecule has 5 heteroatoms. The standard InChI is InChI=1S/C12H23NO4/c1-7-8(2)9(10(14)16-6)13-11(15)17-12(3,4)5/h8-9H,7H2,1-6H3,(H,13,15)/t8-,9+/m1/s1. The van der Waals surface area contributed by atoms with Crippen molar-refractivity contribution in [2.45, 2.75) is 52.7 Å². The van der Waals surface area contributed by atoms with E-state index in [-0.39, 0.29) is 5.92 Å². The molecule has 0 aromatic heterocycles. The number of ether oxygens (including phenoxy) is 2. The molecule has 0 saturated heterocycles. The molecule has 0 aromatic rings. The van der Waals surface area contributed by atoms with Crippen molar-refractivity contribution in [3.05, 3.63) is 0 Å². The quantitative estimate of drug-likeness (QED) is 0.770. The largest absolute Gasteiger partial charge is 0.467 e. The Labute approximate surface area is 103 Å². The second-order valence-corrected chi connectivity index (χ2v) is 5.03. The molecule has 1 N–H and O–H groups in total. The number of carbonyl (C=O) groups is 2. The van der Waals surface area contributed by atoms with Gasteiger partial charge < -0.3 is 14.8 Å². The monoisotopic (exact) mass is 245 g/mol. The highest BCUT2D eigenvalue weighted by Gasteiger charge is 2.28. The van der Waals surface area contributed by atoms with E-state index in [0.717, 1.165) is 6.42 Å². The predicted octanol–water partition coefficient (Wildman–Crippen LogP) is 2.10. The van der Waals surface area contributed by atoms with E-state index in [4.69, 9.17) is 4.74 Å². The highest BCUT2D eigenvalue weighted by Crippen LogP contribution is 2.11. The lowest BCUT2D eigenvalue weighted by molar-refractivity contribution is -0.144. The summed E-state index contributed by atoms with van der Waals surface area (Å²) in [5.74, 6) is -0.458. The molecule has 0 aliphatic heterocycles. The molecule has 2 atom stereocenters. The van der Waals surface area contributed by atoms with Gasteiger partial charge in [0.1, 0.15) is 11.6 Å². The van der Waals surface area contributed by atoms with Gasteiger partial charge in [-0.05, 0) is 26.7 Å². The van der Waals surface area contributed by atoms with Gasteiger partial charge in [-0.15, -0.1) is 0 Å². The number of hydrogen-bond donors (Lipinski definition) is 1. The first kappa shape index (κ1) is 15.7. The van der Waals surface area contributed by atoms with Gasteiger partial charge >= 0.3 is 12.1 Å². The maximum atomic E-state index is 11.6. The van der Waals surface area contributed by atoms with Crippen LogP contribution in [0.2, 0.25) is 0 Å². The van der Waals surface area contributed by atoms with Gasteiger partial charge in [-0.25, -0.2) is 9.59 Å². The summed E-state index contributed by atoms with van der Waals surface area (Å²) >= 11 is 0. The Bertz CT molecular complexity index is 270. The molecule has 0 heterocycles. The third kappa shape index (κ3) is 6.14. The van der Waals surface area contributed by atoms with Crippen molar-refractivity contribution in [2.24, 2.45) is 5.92 Å². The number of hydrogen-bond acceptors (Lipinski definition) is 4. The van der Waals surface area contributed by atoms with Crippen molar-refractivity contribution in [3.63, 3.8) is 0 Å². The number of nitrogens with one attached hydrogen (secondary N) is 1. The summed E-state index contributed by atoms with van der Waals surface area (Å²) in [6, 6.07) is -0.667. The first-order chi connectivity index (χ1) is 7.71. The van der Waals surface area contributed by atoms with Crippen LogP contribution >= 0.6 is 0 Å². The van der Waals surface area contributed by atoms with Gasteiger partial charge in [0, 0.05) is 0 Å². The van der Waals surface area contributed by atoms with Crippen molar-refractivity contribution < 1.29 is 19.1 Å². The second kappa shape index (κ2) is 6.47. The third-order valence-electron chi connectivity index (χ3n) is 2.34. The normalized spacial score (nSPS) is 14.7. The first-order valence-corrected chi connectivity index (χ1v) is 5.78. The molecule has 0 aromatic carbocycles. The minimum Gasteiger partial charge on any atom is -0.467 e. The van der Waals surface area contributed by atoms with E-state index in [1.807, 2.05) is 13.8 Å². The Morgan fingerprint density at radius 1 is 1.29 bits per heavy atom. The minimum absolute atomic E-state index is 0.00466. The molecule has 5 nitrogen and oxygen atoms in total. The van der Waals surface area contributed by atoms with Crippen molar-refractivity contribution in [1.29, 1.82) is 0 Å². The van der Waals surface area contributed by atoms with Gasteiger partial charge in [0.25, 0.3) is 0 Å². The lowest BCUT2D eigenvalue weighted by Gasteiger charge is -2.25. The summed E-state index contributed by atoms with van der Waals surface area (Å²) < 4.78 is 9.76. The number of esters is 1. The molecule has 0 saturated carbocycles. The van der Waals surface area contributed by atoms with Crippen LogP contribution in [0, 0.1) is 5.92 Å². The fraction of sp³-hybridized carbons (Fsp3) is 0.833. The van der Waals surface area contributed by atoms with E-state index in [0.29, 0.717) is 0 Å². The molecule has 17 heavy (non-hydrogen) atoms. The van der Waals surface area contributed by atoms with E-state index in [9.17, 15) is 9.59 Å². The number of rotatable bonds is 4. The summed E-state index contributed by atoms with van der Waals surface area (Å²) in [6.45, 7) is 9.12. The topological polar surface area (TPSA) is 64.6 Å². The van der Waals surface area contributed by atoms with Crippen molar-refractivity contribution in [3.8, 4) is 0 Å². The second-order valence-electron chi connectivity index (χ2n) is 5.03. The predicted molar refractivity (Wildman–Crippen MR) is 64.6 cm³/mol. The van der Waals surface area contributed by atoms with Crippen LogP contribution < -0.4 is 5.32 Å². The molecular formula is C12H23NO4. The lowest BCUT2D eigenvalue weighted by atomic mass is 9.99. The summed E-state index contributed by atoms with van der Waals surface area (Å²) in [7, 11) is 1.30. The lowest BCUT2D eigenvalue weighted by Crippen LogP contribution is -2.47. The molecule has 0 rings (SSSR count). The van der Waals surface area contributed by atoms with Crippen LogP contribution in [0.25, 0.3) is 0 Å². The van der Waals surface area contributed by atoms with Crippen LogP contribution in [0.3, 0.4) is 0 Å². The first-order valence-electron chi connectivity index (χ1n) is 5.78. The van der Waals surface area contributed by atoms with Gasteiger partial charge in [-0.2, -0.15) is 0 Å². The van der Waals surface area contributed by atoms with Gasteiger partial charge in [0.2, 0.25) is 0 Å². The molecule has 0 radical (unpaired) electrons. The van der Waals surface area contributed by atoms with Gasteiger partial charge in [-0.3, -0.25) is 0 Å². The van der Waals surface area contributed by atoms with Crippen molar-refractivity contribution in [2.75, 3.05) is 7.11 Å². The van der Waals surface area contributed by atoms with Crippen LogP contribution in [-0.2, 0) is 14.3 Å². The maximum absolute atomic E-state index is 11.6. The van der Waals surface area contributed by atoms with Crippen LogP contribution in [0.15, 0.2) is 0 Å². The Morgan fingerprint density at radius 3 is 2.18 bits per heavy atom. The van der Waals surface area contributed by atoms with Gasteiger partial charge in [-0.1, -0.05) is 20.3 Å². The number of carbonyl (C=O) groups excluding carboxylic acids is 2. The number of alkyl carbamates (subject to hydrolysis) is 1. The SMILES string of the molecule is CC[C@@H](C)[C@H](NC(=O)OC(C)(C)C)C(=O)OC. The zero-order chi connectivity index (χ0) is 13.6. The molecular weight excluding hydrogens is 222 g/mol. The van der Waals surface area contributed by atoms with Crippen LogP contribution in [0.5, 0.6) is 0 Å². The Kier molecular flexibility index (Phi) is 5.99. The summed E-state index contributed by atoms with van der Waals surface area (Å²) in [5, 5.41) is 2.54. The molecule has 100 valence electrons. The molecule has 0 aliphatic rings. The van der Waals surface area contributed by atoms with Gasteiger partial charge in [0.05, 0.1) is 7.11 Å². The minimum atomic E-state index is -0.667. The van der Waals surface area contributed by atoms with E-state index >= 15 is 0 Å². The van der Waals surface area contributed by atoms with E-state index in [2.05, 4.69) is 10.1 Å². The molecule has 0 unspecified atom stereocenters. The Balaban J connectivity index is 4.54. The smallest absolute Gasteiger partial charge is 0.408 e. The van der Waals surface area contributed by atoms with Crippen LogP contribution in [0.4, 0.5) is 4.79 Å². The Morgan fingerprint density at radius 2 is 1.82 bits per heavy atom. The van der Waals surface area contributed by atoms with E-state index in [1.54, 1.807) is 20.8 Å². The third-order valence-corrected chi connectivity index (χ3v) is 2.34. The fourth-order valence-corrected chi connectivity index (χ4v) is 1.23. The average molecular weight is 245 g/mol. The highest BCUT2D eigenvalue weighted by molar-refractivity contribution is 5.81. The van der Waals surface area contributed by atoms with E-state index < -0.39 is 23.7 Å². The molecule has 1 amide bonds. The zero-order valence-electron chi connectivity index (χ0n) is 11.5. The molecule has 0 aliphatic carbocycles. The van der Waals surface area contributed by atoms with Crippen molar-refractivity contribution >= 4 is 12.1 Å². The average Bonchev–Trinajstić information content (AvgIpc) is 2.21. The summed E-state index contributed by atoms with van der Waals surface area (Å²) in [6.07, 6.45) is 0.156. The fourth-order valence-electron chi connectivity index (χ4n) is 1.23.